The first-order valence-corrected chi connectivity index (χ1v) is 8.07. The van der Waals surface area contributed by atoms with Gasteiger partial charge in [-0.3, -0.25) is 0 Å². The van der Waals surface area contributed by atoms with E-state index >= 15 is 0 Å². The van der Waals surface area contributed by atoms with E-state index in [4.69, 9.17) is 18.4 Å². The first-order chi connectivity index (χ1) is 8.12. The molecule has 0 amide bonds. The Morgan fingerprint density at radius 1 is 0.591 bits per heavy atom. The van der Waals surface area contributed by atoms with Gasteiger partial charge < -0.3 is 34.1 Å². The van der Waals surface area contributed by atoms with Gasteiger partial charge in [-0.25, -0.2) is 0 Å². The topological polar surface area (TPSA) is 131 Å². The third-order valence-corrected chi connectivity index (χ3v) is 3.92. The standard InChI is InChI=1S/C12H28O4Si.CH4O.2H2O.Zr/c1-10(2,3)14-17(13,15-11(4,5)6)16-12(7,8)9;1-2;;;/h13H,1-9H3;2H,1H3;2*1H2;. The van der Waals surface area contributed by atoms with Gasteiger partial charge in [-0.15, -0.1) is 0 Å². The number of hydrogen-bond acceptors (Lipinski definition) is 5. The minimum atomic E-state index is -3.66. The molecular weight excluding hydrogens is 387 g/mol. The Bertz CT molecular complexity index is 216. The van der Waals surface area contributed by atoms with Crippen LogP contribution in [0.25, 0.3) is 0 Å². The summed E-state index contributed by atoms with van der Waals surface area (Å²) in [4.78, 5) is 10.5. The molecule has 0 saturated carbocycles. The van der Waals surface area contributed by atoms with E-state index in [2.05, 4.69) is 0 Å². The van der Waals surface area contributed by atoms with Gasteiger partial charge >= 0.3 is 9.05 Å². The molecule has 0 aromatic rings. The molecule has 0 radical (unpaired) electrons. The molecule has 0 fully saturated rings. The number of aliphatic hydroxyl groups is 1. The molecule has 0 atom stereocenters. The van der Waals surface area contributed by atoms with E-state index in [1.165, 1.54) is 0 Å². The molecule has 0 aliphatic carbocycles. The van der Waals surface area contributed by atoms with Crippen molar-refractivity contribution in [2.75, 3.05) is 7.11 Å². The van der Waals surface area contributed by atoms with E-state index in [0.717, 1.165) is 7.11 Å². The van der Waals surface area contributed by atoms with Crippen molar-refractivity contribution in [1.82, 2.24) is 0 Å². The Balaban J connectivity index is -0.000000184. The van der Waals surface area contributed by atoms with Gasteiger partial charge in [0, 0.05) is 33.3 Å². The second-order valence-electron chi connectivity index (χ2n) is 7.17. The summed E-state index contributed by atoms with van der Waals surface area (Å²) in [6.07, 6.45) is 0. The zero-order valence-corrected chi connectivity index (χ0v) is 19.1. The first kappa shape index (κ1) is 34.2. The van der Waals surface area contributed by atoms with Gasteiger partial charge in [0.1, 0.15) is 0 Å². The van der Waals surface area contributed by atoms with Crippen molar-refractivity contribution in [2.24, 2.45) is 0 Å². The molecular formula is C13H36O7SiZr. The maximum absolute atomic E-state index is 10.5. The Kier molecular flexibility index (Phi) is 19.0. The largest absolute Gasteiger partial charge is 0.678 e. The molecule has 22 heavy (non-hydrogen) atoms. The van der Waals surface area contributed by atoms with E-state index in [9.17, 15) is 4.80 Å². The molecule has 0 unspecified atom stereocenters. The van der Waals surface area contributed by atoms with Crippen molar-refractivity contribution in [2.45, 2.75) is 79.1 Å². The average molecular weight is 424 g/mol. The van der Waals surface area contributed by atoms with Crippen molar-refractivity contribution in [3.8, 4) is 0 Å². The normalized spacial score (nSPS) is 12.0. The van der Waals surface area contributed by atoms with Crippen LogP contribution < -0.4 is 0 Å². The minimum absolute atomic E-state index is 0. The van der Waals surface area contributed by atoms with Crippen LogP contribution in [-0.2, 0) is 39.5 Å². The second kappa shape index (κ2) is 12.2. The summed E-state index contributed by atoms with van der Waals surface area (Å²) in [6, 6.07) is 0. The molecule has 9 heteroatoms. The summed E-state index contributed by atoms with van der Waals surface area (Å²) in [6.45, 7) is 16.8. The maximum atomic E-state index is 10.5. The van der Waals surface area contributed by atoms with Crippen LogP contribution in [0.1, 0.15) is 62.3 Å². The molecule has 0 saturated heterocycles. The van der Waals surface area contributed by atoms with Crippen molar-refractivity contribution in [1.29, 1.82) is 0 Å². The van der Waals surface area contributed by atoms with E-state index in [1.807, 2.05) is 62.3 Å². The molecule has 6 N–H and O–H groups in total. The summed E-state index contributed by atoms with van der Waals surface area (Å²) in [5, 5.41) is 7.00. The van der Waals surface area contributed by atoms with E-state index < -0.39 is 25.9 Å². The van der Waals surface area contributed by atoms with Crippen LogP contribution in [0, 0.1) is 0 Å². The van der Waals surface area contributed by atoms with E-state index in [0.29, 0.717) is 0 Å². The maximum Gasteiger partial charge on any atom is 0.678 e. The molecule has 0 bridgehead atoms. The van der Waals surface area contributed by atoms with Gasteiger partial charge in [-0.2, -0.15) is 0 Å². The van der Waals surface area contributed by atoms with Gasteiger partial charge in [0.15, 0.2) is 0 Å². The molecule has 0 rings (SSSR count). The van der Waals surface area contributed by atoms with E-state index in [-0.39, 0.29) is 37.2 Å². The van der Waals surface area contributed by atoms with Crippen molar-refractivity contribution in [3.63, 3.8) is 0 Å². The van der Waals surface area contributed by atoms with Gasteiger partial charge in [0.2, 0.25) is 0 Å². The van der Waals surface area contributed by atoms with Crippen LogP contribution in [0.15, 0.2) is 0 Å². The van der Waals surface area contributed by atoms with Crippen molar-refractivity contribution < 1.29 is 60.3 Å². The van der Waals surface area contributed by atoms with Crippen LogP contribution >= 0.6 is 0 Å². The molecule has 0 aromatic carbocycles. The molecule has 7 nitrogen and oxygen atoms in total. The van der Waals surface area contributed by atoms with Gasteiger partial charge in [0.25, 0.3) is 0 Å². The van der Waals surface area contributed by atoms with Crippen LogP contribution in [-0.4, -0.2) is 53.8 Å². The second-order valence-corrected chi connectivity index (χ2v) is 8.83. The van der Waals surface area contributed by atoms with Crippen molar-refractivity contribution >= 4 is 9.05 Å². The summed E-state index contributed by atoms with van der Waals surface area (Å²) < 4.78 is 16.9. The summed E-state index contributed by atoms with van der Waals surface area (Å²) in [7, 11) is -2.66. The fourth-order valence-electron chi connectivity index (χ4n) is 1.22. The Labute approximate surface area is 155 Å². The summed E-state index contributed by atoms with van der Waals surface area (Å²) >= 11 is 0. The summed E-state index contributed by atoms with van der Waals surface area (Å²) in [5.74, 6) is 0. The SMILES string of the molecule is CC(C)(C)O[Si](O)(OC(C)(C)C)OC(C)(C)C.CO.O.O.[Zr]. The average Bonchev–Trinajstić information content (AvgIpc) is 1.94. The zero-order chi connectivity index (χ0) is 16.1. The Morgan fingerprint density at radius 3 is 0.818 bits per heavy atom. The molecule has 0 heterocycles. The smallest absolute Gasteiger partial charge is 0.412 e. The predicted molar refractivity (Wildman–Crippen MR) is 85.9 cm³/mol. The molecule has 0 aliphatic heterocycles. The molecule has 0 aromatic heterocycles. The fourth-order valence-corrected chi connectivity index (χ4v) is 3.67. The Hall–Kier alpha value is 0.820. The number of rotatable bonds is 3. The third-order valence-electron chi connectivity index (χ3n) is 1.31. The van der Waals surface area contributed by atoms with E-state index in [1.54, 1.807) is 0 Å². The quantitative estimate of drug-likeness (QED) is 0.649. The van der Waals surface area contributed by atoms with Crippen LogP contribution in [0.3, 0.4) is 0 Å². The minimum Gasteiger partial charge on any atom is -0.412 e. The number of aliphatic hydroxyl groups excluding tert-OH is 1. The van der Waals surface area contributed by atoms with Gasteiger partial charge in [-0.05, 0) is 62.3 Å². The third kappa shape index (κ3) is 23.1. The van der Waals surface area contributed by atoms with Crippen molar-refractivity contribution in [3.05, 3.63) is 0 Å². The zero-order valence-electron chi connectivity index (χ0n) is 15.6. The van der Waals surface area contributed by atoms with Crippen LogP contribution in [0.5, 0.6) is 0 Å². The number of hydrogen-bond donors (Lipinski definition) is 2. The molecule has 0 aliphatic rings. The first-order valence-electron chi connectivity index (χ1n) is 6.40. The predicted octanol–water partition coefficient (Wildman–Crippen LogP) is 0.816. The Morgan fingerprint density at radius 2 is 0.727 bits per heavy atom. The van der Waals surface area contributed by atoms with Crippen LogP contribution in [0.4, 0.5) is 0 Å². The fraction of sp³-hybridized carbons (Fsp3) is 1.00. The molecule has 0 spiro atoms. The monoisotopic (exact) mass is 422 g/mol. The van der Waals surface area contributed by atoms with Gasteiger partial charge in [0.05, 0.1) is 16.8 Å². The summed E-state index contributed by atoms with van der Waals surface area (Å²) in [5.41, 5.74) is -1.55. The van der Waals surface area contributed by atoms with Crippen LogP contribution in [0.2, 0.25) is 0 Å². The van der Waals surface area contributed by atoms with Gasteiger partial charge in [-0.1, -0.05) is 0 Å². The molecule has 138 valence electrons.